The zero-order valence-electron chi connectivity index (χ0n) is 6.78. The average Bonchev–Trinajstić information content (AvgIpc) is 2.13. The van der Waals surface area contributed by atoms with Gasteiger partial charge in [0, 0.05) is 12.1 Å². The van der Waals surface area contributed by atoms with E-state index >= 15 is 0 Å². The molecule has 0 aliphatic heterocycles. The molecule has 2 nitrogen and oxygen atoms in total. The summed E-state index contributed by atoms with van der Waals surface area (Å²) >= 11 is 5.11. The average molecular weight is 224 g/mol. The topological polar surface area (TPSA) is 29.1 Å². The molecular formula is C8H5ClF3NO. The van der Waals surface area contributed by atoms with Gasteiger partial charge in [0.05, 0.1) is 5.69 Å². The first-order valence-electron chi connectivity index (χ1n) is 3.55. The zero-order chi connectivity index (χ0) is 10.7. The van der Waals surface area contributed by atoms with E-state index in [9.17, 15) is 18.0 Å². The summed E-state index contributed by atoms with van der Waals surface area (Å²) in [7, 11) is 0. The van der Waals surface area contributed by atoms with Gasteiger partial charge in [0.2, 0.25) is 5.91 Å². The lowest BCUT2D eigenvalue weighted by Crippen LogP contribution is -2.14. The van der Waals surface area contributed by atoms with Crippen LogP contribution >= 0.6 is 11.6 Å². The molecular weight excluding hydrogens is 219 g/mol. The Hall–Kier alpha value is -1.23. The van der Waals surface area contributed by atoms with Gasteiger partial charge < -0.3 is 5.32 Å². The Labute approximate surface area is 82.7 Å². The number of carbonyl (C=O) groups is 1. The predicted molar refractivity (Wildman–Crippen MR) is 45.7 cm³/mol. The molecule has 14 heavy (non-hydrogen) atoms. The third kappa shape index (κ3) is 2.38. The van der Waals surface area contributed by atoms with E-state index in [1.807, 2.05) is 5.32 Å². The van der Waals surface area contributed by atoms with E-state index in [2.05, 4.69) is 0 Å². The molecule has 0 bridgehead atoms. The van der Waals surface area contributed by atoms with E-state index in [1.54, 1.807) is 0 Å². The van der Waals surface area contributed by atoms with Crippen LogP contribution in [-0.2, 0) is 4.79 Å². The van der Waals surface area contributed by atoms with Gasteiger partial charge in [-0.05, 0) is 0 Å². The van der Waals surface area contributed by atoms with Crippen LogP contribution in [-0.4, -0.2) is 11.8 Å². The first kappa shape index (κ1) is 10.8. The van der Waals surface area contributed by atoms with Crippen molar-refractivity contribution in [3.05, 3.63) is 29.6 Å². The van der Waals surface area contributed by atoms with E-state index in [0.717, 1.165) is 0 Å². The Morgan fingerprint density at radius 1 is 1.36 bits per heavy atom. The second-order valence-electron chi connectivity index (χ2n) is 2.43. The van der Waals surface area contributed by atoms with Crippen molar-refractivity contribution in [3.8, 4) is 0 Å². The molecule has 6 heteroatoms. The summed E-state index contributed by atoms with van der Waals surface area (Å²) in [5.41, 5.74) is -0.562. The van der Waals surface area contributed by atoms with Crippen LogP contribution < -0.4 is 5.32 Å². The summed E-state index contributed by atoms with van der Waals surface area (Å²) in [5, 5.41) is 1.92. The number of benzene rings is 1. The van der Waals surface area contributed by atoms with Crippen LogP contribution in [0.5, 0.6) is 0 Å². The lowest BCUT2D eigenvalue weighted by atomic mass is 10.3. The van der Waals surface area contributed by atoms with Crippen LogP contribution in [0.2, 0.25) is 0 Å². The monoisotopic (exact) mass is 223 g/mol. The van der Waals surface area contributed by atoms with Crippen molar-refractivity contribution in [1.29, 1.82) is 0 Å². The Morgan fingerprint density at radius 3 is 2.57 bits per heavy atom. The number of halogens is 4. The number of rotatable bonds is 2. The van der Waals surface area contributed by atoms with Crippen molar-refractivity contribution in [2.75, 3.05) is 11.2 Å². The van der Waals surface area contributed by atoms with E-state index in [0.29, 0.717) is 12.1 Å². The predicted octanol–water partition coefficient (Wildman–Crippen LogP) is 2.28. The zero-order valence-corrected chi connectivity index (χ0v) is 7.54. The van der Waals surface area contributed by atoms with Gasteiger partial charge in [-0.3, -0.25) is 4.79 Å². The maximum Gasteiger partial charge on any atom is 0.239 e. The van der Waals surface area contributed by atoms with Gasteiger partial charge in [0.15, 0.2) is 11.6 Å². The SMILES string of the molecule is O=C(CCl)Nc1cc(F)cc(F)c1F. The highest BCUT2D eigenvalue weighted by Gasteiger charge is 2.12. The molecule has 1 N–H and O–H groups in total. The number of carbonyl (C=O) groups excluding carboxylic acids is 1. The molecule has 0 aliphatic rings. The van der Waals surface area contributed by atoms with Gasteiger partial charge in [-0.25, -0.2) is 13.2 Å². The molecule has 1 rings (SSSR count). The normalized spacial score (nSPS) is 10.0. The number of hydrogen-bond donors (Lipinski definition) is 1. The molecule has 0 unspecified atom stereocenters. The largest absolute Gasteiger partial charge is 0.322 e. The fourth-order valence-corrected chi connectivity index (χ4v) is 0.897. The molecule has 0 fully saturated rings. The fraction of sp³-hybridized carbons (Fsp3) is 0.125. The molecule has 0 heterocycles. The summed E-state index contributed by atoms with van der Waals surface area (Å²) < 4.78 is 38.0. The van der Waals surface area contributed by atoms with Crippen LogP contribution in [0.1, 0.15) is 0 Å². The lowest BCUT2D eigenvalue weighted by molar-refractivity contribution is -0.113. The lowest BCUT2D eigenvalue weighted by Gasteiger charge is -2.04. The molecule has 0 radical (unpaired) electrons. The third-order valence-electron chi connectivity index (χ3n) is 1.39. The Morgan fingerprint density at radius 2 is 2.00 bits per heavy atom. The number of nitrogens with one attached hydrogen (secondary N) is 1. The van der Waals surface area contributed by atoms with Gasteiger partial charge in [-0.15, -0.1) is 11.6 Å². The van der Waals surface area contributed by atoms with E-state index in [-0.39, 0.29) is 0 Å². The number of hydrogen-bond acceptors (Lipinski definition) is 1. The van der Waals surface area contributed by atoms with Crippen LogP contribution in [0.15, 0.2) is 12.1 Å². The standard InChI is InChI=1S/C8H5ClF3NO/c9-3-7(14)13-6-2-4(10)1-5(11)8(6)12/h1-2H,3H2,(H,13,14). The highest BCUT2D eigenvalue weighted by Crippen LogP contribution is 2.18. The van der Waals surface area contributed by atoms with Crippen molar-refractivity contribution < 1.29 is 18.0 Å². The highest BCUT2D eigenvalue weighted by atomic mass is 35.5. The minimum atomic E-state index is -1.37. The summed E-state index contributed by atoms with van der Waals surface area (Å²) in [4.78, 5) is 10.7. The highest BCUT2D eigenvalue weighted by molar-refractivity contribution is 6.29. The van der Waals surface area contributed by atoms with Gasteiger partial charge >= 0.3 is 0 Å². The minimum Gasteiger partial charge on any atom is -0.322 e. The molecule has 76 valence electrons. The van der Waals surface area contributed by atoms with Crippen molar-refractivity contribution in [1.82, 2.24) is 0 Å². The second-order valence-corrected chi connectivity index (χ2v) is 2.70. The van der Waals surface area contributed by atoms with Crippen LogP contribution in [0.4, 0.5) is 18.9 Å². The van der Waals surface area contributed by atoms with Crippen molar-refractivity contribution in [2.24, 2.45) is 0 Å². The summed E-state index contributed by atoms with van der Waals surface area (Å²) in [6, 6.07) is 1.05. The number of alkyl halides is 1. The van der Waals surface area contributed by atoms with E-state index in [4.69, 9.17) is 11.6 Å². The molecule has 0 atom stereocenters. The number of amides is 1. The summed E-state index contributed by atoms with van der Waals surface area (Å²) in [5.74, 6) is -4.82. The summed E-state index contributed by atoms with van der Waals surface area (Å²) in [6.07, 6.45) is 0. The first-order chi connectivity index (χ1) is 6.54. The van der Waals surface area contributed by atoms with Crippen molar-refractivity contribution in [3.63, 3.8) is 0 Å². The van der Waals surface area contributed by atoms with E-state index in [1.165, 1.54) is 0 Å². The van der Waals surface area contributed by atoms with E-state index < -0.39 is 34.9 Å². The molecule has 1 aromatic carbocycles. The fourth-order valence-electron chi connectivity index (χ4n) is 0.831. The van der Waals surface area contributed by atoms with Crippen LogP contribution in [0, 0.1) is 17.5 Å². The minimum absolute atomic E-state index is 0.381. The van der Waals surface area contributed by atoms with Crippen LogP contribution in [0.3, 0.4) is 0 Å². The van der Waals surface area contributed by atoms with Crippen molar-refractivity contribution >= 4 is 23.2 Å². The molecule has 1 amide bonds. The molecule has 0 spiro atoms. The Kier molecular flexibility index (Phi) is 3.35. The molecule has 0 saturated carbocycles. The van der Waals surface area contributed by atoms with Gasteiger partial charge in [-0.2, -0.15) is 0 Å². The first-order valence-corrected chi connectivity index (χ1v) is 4.08. The third-order valence-corrected chi connectivity index (χ3v) is 1.63. The molecule has 0 aliphatic carbocycles. The second kappa shape index (κ2) is 4.32. The molecule has 0 aromatic heterocycles. The van der Waals surface area contributed by atoms with Crippen LogP contribution in [0.25, 0.3) is 0 Å². The van der Waals surface area contributed by atoms with Gasteiger partial charge in [0.1, 0.15) is 11.7 Å². The Bertz CT molecular complexity index is 370. The van der Waals surface area contributed by atoms with Crippen molar-refractivity contribution in [2.45, 2.75) is 0 Å². The smallest absolute Gasteiger partial charge is 0.239 e. The molecule has 0 saturated heterocycles. The molecule has 1 aromatic rings. The Balaban J connectivity index is 3.02. The maximum atomic E-state index is 12.9. The number of anilines is 1. The quantitative estimate of drug-likeness (QED) is 0.605. The van der Waals surface area contributed by atoms with Gasteiger partial charge in [0.25, 0.3) is 0 Å². The van der Waals surface area contributed by atoms with Gasteiger partial charge in [-0.1, -0.05) is 0 Å². The maximum absolute atomic E-state index is 12.9. The summed E-state index contributed by atoms with van der Waals surface area (Å²) in [6.45, 7) is 0.